The molecule has 0 fully saturated rings. The smallest absolute Gasteiger partial charge is 0.255 e. The molecule has 0 saturated heterocycles. The topological polar surface area (TPSA) is 71.1 Å². The van der Waals surface area contributed by atoms with Gasteiger partial charge in [-0.05, 0) is 67.3 Å². The van der Waals surface area contributed by atoms with Crippen LogP contribution in [0.1, 0.15) is 32.6 Å². The zero-order chi connectivity index (χ0) is 20.8. The zero-order valence-electron chi connectivity index (χ0n) is 16.7. The number of carbonyl (C=O) groups is 2. The summed E-state index contributed by atoms with van der Waals surface area (Å²) >= 11 is 0. The maximum absolute atomic E-state index is 12.7. The summed E-state index contributed by atoms with van der Waals surface area (Å²) in [6.45, 7) is 5.80. The van der Waals surface area contributed by atoms with E-state index in [0.29, 0.717) is 11.3 Å². The van der Waals surface area contributed by atoms with E-state index in [-0.39, 0.29) is 11.8 Å². The van der Waals surface area contributed by atoms with Crippen LogP contribution in [-0.2, 0) is 4.79 Å². The number of carbonyl (C=O) groups excluding carboxylic acids is 2. The van der Waals surface area contributed by atoms with Crippen LogP contribution < -0.4 is 10.6 Å². The van der Waals surface area contributed by atoms with Crippen molar-refractivity contribution in [2.75, 3.05) is 10.6 Å². The van der Waals surface area contributed by atoms with E-state index >= 15 is 0 Å². The van der Waals surface area contributed by atoms with E-state index in [1.54, 1.807) is 36.7 Å². The molecule has 146 valence electrons. The Morgan fingerprint density at radius 3 is 2.34 bits per heavy atom. The standard InChI is InChI=1S/C24H23N3O2/c1-16-9-11-20(24(29)27-23-17(2)6-4-7-18(23)3)14-21(16)26-22(28)12-10-19-8-5-13-25-15-19/h4-15H,1-3H3,(H,26,28)(H,27,29). The second kappa shape index (κ2) is 8.97. The van der Waals surface area contributed by atoms with Crippen LogP contribution in [0.25, 0.3) is 6.08 Å². The number of amides is 2. The van der Waals surface area contributed by atoms with E-state index < -0.39 is 0 Å². The predicted octanol–water partition coefficient (Wildman–Crippen LogP) is 4.91. The number of pyridine rings is 1. The number of aryl methyl sites for hydroxylation is 3. The number of benzene rings is 2. The molecule has 0 saturated carbocycles. The molecule has 2 amide bonds. The zero-order valence-corrected chi connectivity index (χ0v) is 16.7. The quantitative estimate of drug-likeness (QED) is 0.613. The van der Waals surface area contributed by atoms with Crippen molar-refractivity contribution in [2.24, 2.45) is 0 Å². The predicted molar refractivity (Wildman–Crippen MR) is 117 cm³/mol. The van der Waals surface area contributed by atoms with Crippen LogP contribution in [0.4, 0.5) is 11.4 Å². The molecule has 0 aliphatic rings. The average molecular weight is 385 g/mol. The molecule has 2 aromatic carbocycles. The molecule has 0 aliphatic carbocycles. The minimum atomic E-state index is -0.274. The van der Waals surface area contributed by atoms with Crippen LogP contribution >= 0.6 is 0 Å². The van der Waals surface area contributed by atoms with Gasteiger partial charge in [0.05, 0.1) is 0 Å². The average Bonchev–Trinajstić information content (AvgIpc) is 2.71. The summed E-state index contributed by atoms with van der Waals surface area (Å²) in [5, 5.41) is 5.81. The van der Waals surface area contributed by atoms with Crippen LogP contribution in [-0.4, -0.2) is 16.8 Å². The number of para-hydroxylation sites is 1. The first kappa shape index (κ1) is 20.0. The second-order valence-electron chi connectivity index (χ2n) is 6.86. The van der Waals surface area contributed by atoms with Crippen LogP contribution in [0.5, 0.6) is 0 Å². The molecule has 5 nitrogen and oxygen atoms in total. The molecule has 2 N–H and O–H groups in total. The van der Waals surface area contributed by atoms with Crippen LogP contribution in [0, 0.1) is 20.8 Å². The molecule has 0 atom stereocenters. The number of nitrogens with zero attached hydrogens (tertiary/aromatic N) is 1. The largest absolute Gasteiger partial charge is 0.322 e. The molecule has 3 rings (SSSR count). The Morgan fingerprint density at radius 2 is 1.66 bits per heavy atom. The fourth-order valence-corrected chi connectivity index (χ4v) is 2.92. The molecule has 0 bridgehead atoms. The highest BCUT2D eigenvalue weighted by atomic mass is 16.2. The number of hydrogen-bond acceptors (Lipinski definition) is 3. The van der Waals surface area contributed by atoms with Crippen LogP contribution in [0.15, 0.2) is 67.0 Å². The Hall–Kier alpha value is -3.73. The van der Waals surface area contributed by atoms with E-state index in [2.05, 4.69) is 15.6 Å². The number of hydrogen-bond donors (Lipinski definition) is 2. The molecule has 0 radical (unpaired) electrons. The normalized spacial score (nSPS) is 10.7. The first-order chi connectivity index (χ1) is 13.9. The third kappa shape index (κ3) is 5.17. The van der Waals surface area contributed by atoms with E-state index in [4.69, 9.17) is 0 Å². The van der Waals surface area contributed by atoms with E-state index in [1.165, 1.54) is 6.08 Å². The summed E-state index contributed by atoms with van der Waals surface area (Å²) in [4.78, 5) is 29.0. The van der Waals surface area contributed by atoms with E-state index in [9.17, 15) is 9.59 Å². The maximum Gasteiger partial charge on any atom is 0.255 e. The van der Waals surface area contributed by atoms with Crippen molar-refractivity contribution in [3.63, 3.8) is 0 Å². The summed E-state index contributed by atoms with van der Waals surface area (Å²) in [5.41, 5.74) is 5.59. The van der Waals surface area contributed by atoms with Gasteiger partial charge >= 0.3 is 0 Å². The van der Waals surface area contributed by atoms with Crippen molar-refractivity contribution in [3.05, 3.63) is 94.8 Å². The van der Waals surface area contributed by atoms with Gasteiger partial charge in [0.25, 0.3) is 5.91 Å². The van der Waals surface area contributed by atoms with Crippen molar-refractivity contribution < 1.29 is 9.59 Å². The fourth-order valence-electron chi connectivity index (χ4n) is 2.92. The lowest BCUT2D eigenvalue weighted by atomic mass is 10.1. The molecular weight excluding hydrogens is 362 g/mol. The van der Waals surface area contributed by atoms with Gasteiger partial charge in [-0.1, -0.05) is 30.3 Å². The van der Waals surface area contributed by atoms with Gasteiger partial charge in [0.2, 0.25) is 5.91 Å². The van der Waals surface area contributed by atoms with Crippen LogP contribution in [0.3, 0.4) is 0 Å². The van der Waals surface area contributed by atoms with Crippen molar-refractivity contribution in [2.45, 2.75) is 20.8 Å². The highest BCUT2D eigenvalue weighted by Crippen LogP contribution is 2.22. The van der Waals surface area contributed by atoms with Gasteiger partial charge in [0.1, 0.15) is 0 Å². The Bertz CT molecular complexity index is 1050. The molecular formula is C24H23N3O2. The lowest BCUT2D eigenvalue weighted by molar-refractivity contribution is -0.111. The minimum absolute atomic E-state index is 0.219. The molecule has 1 heterocycles. The third-order valence-corrected chi connectivity index (χ3v) is 4.59. The highest BCUT2D eigenvalue weighted by molar-refractivity contribution is 6.07. The van der Waals surface area contributed by atoms with Gasteiger partial charge in [-0.3, -0.25) is 14.6 Å². The number of aromatic nitrogens is 1. The Morgan fingerprint density at radius 1 is 0.897 bits per heavy atom. The van der Waals surface area contributed by atoms with Gasteiger partial charge in [0, 0.05) is 35.4 Å². The Kier molecular flexibility index (Phi) is 6.19. The number of nitrogens with one attached hydrogen (secondary N) is 2. The molecule has 1 aromatic heterocycles. The second-order valence-corrected chi connectivity index (χ2v) is 6.86. The van der Waals surface area contributed by atoms with Gasteiger partial charge in [-0.2, -0.15) is 0 Å². The van der Waals surface area contributed by atoms with Gasteiger partial charge in [-0.25, -0.2) is 0 Å². The Balaban J connectivity index is 1.74. The van der Waals surface area contributed by atoms with Crippen LogP contribution in [0.2, 0.25) is 0 Å². The minimum Gasteiger partial charge on any atom is -0.322 e. The third-order valence-electron chi connectivity index (χ3n) is 4.59. The van der Waals surface area contributed by atoms with Crippen molar-refractivity contribution in [3.8, 4) is 0 Å². The molecule has 3 aromatic rings. The molecule has 0 aliphatic heterocycles. The molecule has 0 spiro atoms. The lowest BCUT2D eigenvalue weighted by Gasteiger charge is -2.13. The SMILES string of the molecule is Cc1ccc(C(=O)Nc2c(C)cccc2C)cc1NC(=O)C=Cc1cccnc1. The highest BCUT2D eigenvalue weighted by Gasteiger charge is 2.12. The number of anilines is 2. The van der Waals surface area contributed by atoms with Crippen molar-refractivity contribution >= 4 is 29.3 Å². The first-order valence-corrected chi connectivity index (χ1v) is 9.31. The lowest BCUT2D eigenvalue weighted by Crippen LogP contribution is -2.15. The van der Waals surface area contributed by atoms with Gasteiger partial charge in [0.15, 0.2) is 0 Å². The van der Waals surface area contributed by atoms with Gasteiger partial charge < -0.3 is 10.6 Å². The maximum atomic E-state index is 12.7. The summed E-state index contributed by atoms with van der Waals surface area (Å²) in [7, 11) is 0. The Labute approximate surface area is 170 Å². The summed E-state index contributed by atoms with van der Waals surface area (Å²) in [6.07, 6.45) is 6.48. The van der Waals surface area contributed by atoms with E-state index in [0.717, 1.165) is 27.9 Å². The van der Waals surface area contributed by atoms with E-state index in [1.807, 2.05) is 51.1 Å². The van der Waals surface area contributed by atoms with Crippen molar-refractivity contribution in [1.29, 1.82) is 0 Å². The summed E-state index contributed by atoms with van der Waals surface area (Å²) in [6, 6.07) is 14.8. The molecule has 0 unspecified atom stereocenters. The molecule has 5 heteroatoms. The summed E-state index contributed by atoms with van der Waals surface area (Å²) < 4.78 is 0. The molecule has 29 heavy (non-hydrogen) atoms. The van der Waals surface area contributed by atoms with Crippen molar-refractivity contribution in [1.82, 2.24) is 4.98 Å². The first-order valence-electron chi connectivity index (χ1n) is 9.31. The monoisotopic (exact) mass is 385 g/mol. The fraction of sp³-hybridized carbons (Fsp3) is 0.125. The summed E-state index contributed by atoms with van der Waals surface area (Å²) in [5.74, 6) is -0.493. The number of rotatable bonds is 5. The van der Waals surface area contributed by atoms with Gasteiger partial charge in [-0.15, -0.1) is 0 Å².